The molecule has 1 aliphatic rings. The van der Waals surface area contributed by atoms with E-state index in [2.05, 4.69) is 20.6 Å². The lowest BCUT2D eigenvalue weighted by Crippen LogP contribution is -2.32. The van der Waals surface area contributed by atoms with Crippen molar-refractivity contribution < 1.29 is 9.63 Å². The van der Waals surface area contributed by atoms with E-state index in [4.69, 9.17) is 10.1 Å². The summed E-state index contributed by atoms with van der Waals surface area (Å²) in [5, 5.41) is 15.9. The molecule has 2 rings (SSSR count). The Bertz CT molecular complexity index is 667. The van der Waals surface area contributed by atoms with Crippen LogP contribution >= 0.6 is 0 Å². The molecule has 1 amide bonds. The van der Waals surface area contributed by atoms with Gasteiger partial charge in [0.1, 0.15) is 0 Å². The minimum absolute atomic E-state index is 0.0515. The molecule has 1 saturated carbocycles. The van der Waals surface area contributed by atoms with Crippen molar-refractivity contribution in [3.8, 4) is 6.19 Å². The molecule has 0 unspecified atom stereocenters. The Hall–Kier alpha value is -2.66. The van der Waals surface area contributed by atoms with E-state index in [1.165, 1.54) is 24.3 Å². The van der Waals surface area contributed by atoms with Crippen LogP contribution in [0, 0.1) is 11.5 Å². The largest absolute Gasteiger partial charge is 0.325 e. The fraction of sp³-hybridized carbons (Fsp3) is 0.619. The number of unbranched alkanes of at least 4 members (excludes halogenated alkanes) is 3. The molecule has 29 heavy (non-hydrogen) atoms. The van der Waals surface area contributed by atoms with Gasteiger partial charge in [0.25, 0.3) is 0 Å². The standard InChI is InChI=1S/C21H32N6O2/c1-27(29-19-9-5-4-6-10-19)20(28)11-7-2-3-8-14-24-21(25-17-22)26-18-12-15-23-16-13-18/h12-13,15-16,19H,2-11,14H2,1H3,(H2,23,24,25,26). The van der Waals surface area contributed by atoms with Gasteiger partial charge in [-0.3, -0.25) is 24.9 Å². The number of nitrogens with zero attached hydrogens (tertiary/aromatic N) is 4. The Balaban J connectivity index is 1.57. The number of carbonyl (C=O) groups is 1. The zero-order valence-electron chi connectivity index (χ0n) is 17.3. The van der Waals surface area contributed by atoms with Gasteiger partial charge in [0.15, 0.2) is 6.19 Å². The molecule has 1 aliphatic carbocycles. The van der Waals surface area contributed by atoms with E-state index >= 15 is 0 Å². The minimum Gasteiger partial charge on any atom is -0.325 e. The third-order valence-corrected chi connectivity index (χ3v) is 4.90. The molecule has 158 valence electrons. The molecule has 0 atom stereocenters. The topological polar surface area (TPSA) is 103 Å². The van der Waals surface area contributed by atoms with E-state index in [1.54, 1.807) is 31.6 Å². The molecule has 1 aromatic rings. The molecule has 0 saturated heterocycles. The summed E-state index contributed by atoms with van der Waals surface area (Å²) >= 11 is 0. The third kappa shape index (κ3) is 9.39. The predicted molar refractivity (Wildman–Crippen MR) is 113 cm³/mol. The van der Waals surface area contributed by atoms with Crippen LogP contribution in [0.4, 0.5) is 5.69 Å². The summed E-state index contributed by atoms with van der Waals surface area (Å²) in [6.07, 6.45) is 15.4. The van der Waals surface area contributed by atoms with Gasteiger partial charge in [-0.25, -0.2) is 5.06 Å². The zero-order valence-corrected chi connectivity index (χ0v) is 17.3. The lowest BCUT2D eigenvalue weighted by atomic mass is 9.98. The van der Waals surface area contributed by atoms with Gasteiger partial charge in [0.05, 0.1) is 6.10 Å². The molecule has 0 spiro atoms. The molecule has 0 aliphatic heterocycles. The van der Waals surface area contributed by atoms with Gasteiger partial charge in [-0.15, -0.1) is 0 Å². The Kier molecular flexibility index (Phi) is 10.5. The van der Waals surface area contributed by atoms with Crippen LogP contribution in [0.3, 0.4) is 0 Å². The molecular formula is C21H32N6O2. The van der Waals surface area contributed by atoms with E-state index < -0.39 is 0 Å². The van der Waals surface area contributed by atoms with Crippen molar-refractivity contribution in [3.05, 3.63) is 24.5 Å². The van der Waals surface area contributed by atoms with Crippen LogP contribution in [0.1, 0.15) is 64.2 Å². The number of hydroxylamine groups is 2. The second kappa shape index (κ2) is 13.5. The smallest absolute Gasteiger partial charge is 0.245 e. The number of amides is 1. The maximum Gasteiger partial charge on any atom is 0.245 e. The number of aliphatic imine (C=N–C) groups is 1. The molecule has 2 N–H and O–H groups in total. The summed E-state index contributed by atoms with van der Waals surface area (Å²) in [6, 6.07) is 3.61. The number of nitrogens with one attached hydrogen (secondary N) is 2. The highest BCUT2D eigenvalue weighted by Gasteiger charge is 2.18. The molecule has 8 heteroatoms. The van der Waals surface area contributed by atoms with Gasteiger partial charge < -0.3 is 5.32 Å². The van der Waals surface area contributed by atoms with Crippen LogP contribution in [-0.4, -0.2) is 41.6 Å². The normalized spacial score (nSPS) is 14.8. The number of nitriles is 1. The molecule has 1 fully saturated rings. The lowest BCUT2D eigenvalue weighted by Gasteiger charge is -2.26. The van der Waals surface area contributed by atoms with E-state index in [1.807, 2.05) is 6.19 Å². The minimum atomic E-state index is 0.0515. The maximum absolute atomic E-state index is 12.2. The van der Waals surface area contributed by atoms with Crippen LogP contribution in [0.15, 0.2) is 29.5 Å². The SMILES string of the molecule is CN(OC1CCCCC1)C(=O)CCCCCCN=C(NC#N)Nc1ccncc1. The van der Waals surface area contributed by atoms with Crippen LogP contribution < -0.4 is 10.6 Å². The number of hydrogen-bond donors (Lipinski definition) is 2. The summed E-state index contributed by atoms with van der Waals surface area (Å²) in [6.45, 7) is 0.612. The number of pyridine rings is 1. The van der Waals surface area contributed by atoms with Gasteiger partial charge in [0.2, 0.25) is 11.9 Å². The Morgan fingerprint density at radius 1 is 1.24 bits per heavy atom. The first-order valence-corrected chi connectivity index (χ1v) is 10.5. The quantitative estimate of drug-likeness (QED) is 0.155. The van der Waals surface area contributed by atoms with Gasteiger partial charge in [-0.05, 0) is 37.8 Å². The number of carbonyl (C=O) groups excluding carboxylic acids is 1. The first-order chi connectivity index (χ1) is 14.2. The highest BCUT2D eigenvalue weighted by atomic mass is 16.7. The summed E-state index contributed by atoms with van der Waals surface area (Å²) in [4.78, 5) is 26.3. The van der Waals surface area contributed by atoms with Gasteiger partial charge in [-0.2, -0.15) is 5.26 Å². The summed E-state index contributed by atoms with van der Waals surface area (Å²) in [7, 11) is 1.73. The molecule has 0 aromatic carbocycles. The molecule has 8 nitrogen and oxygen atoms in total. The molecule has 1 heterocycles. The maximum atomic E-state index is 12.2. The summed E-state index contributed by atoms with van der Waals surface area (Å²) in [5.74, 6) is 0.478. The van der Waals surface area contributed by atoms with Crippen LogP contribution in [0.5, 0.6) is 0 Å². The fourth-order valence-electron chi connectivity index (χ4n) is 3.28. The Labute approximate surface area is 173 Å². The molecule has 0 radical (unpaired) electrons. The number of anilines is 1. The van der Waals surface area contributed by atoms with E-state index in [9.17, 15) is 4.79 Å². The number of hydrogen-bond acceptors (Lipinski definition) is 5. The van der Waals surface area contributed by atoms with Crippen LogP contribution in [0.25, 0.3) is 0 Å². The van der Waals surface area contributed by atoms with E-state index in [0.717, 1.165) is 44.2 Å². The zero-order chi connectivity index (χ0) is 20.7. The Morgan fingerprint density at radius 3 is 2.69 bits per heavy atom. The fourth-order valence-corrected chi connectivity index (χ4v) is 3.28. The average molecular weight is 401 g/mol. The van der Waals surface area contributed by atoms with Gasteiger partial charge >= 0.3 is 0 Å². The van der Waals surface area contributed by atoms with Crippen LogP contribution in [0.2, 0.25) is 0 Å². The van der Waals surface area contributed by atoms with Gasteiger partial charge in [0, 0.05) is 38.1 Å². The van der Waals surface area contributed by atoms with Crippen molar-refractivity contribution in [2.24, 2.45) is 4.99 Å². The summed E-state index contributed by atoms with van der Waals surface area (Å²) < 4.78 is 0. The highest BCUT2D eigenvalue weighted by Crippen LogP contribution is 2.21. The first kappa shape index (κ1) is 22.6. The molecule has 0 bridgehead atoms. The molecule has 1 aromatic heterocycles. The summed E-state index contributed by atoms with van der Waals surface area (Å²) in [5.41, 5.74) is 0.819. The highest BCUT2D eigenvalue weighted by molar-refractivity contribution is 5.94. The number of aromatic nitrogens is 1. The Morgan fingerprint density at radius 2 is 1.97 bits per heavy atom. The lowest BCUT2D eigenvalue weighted by molar-refractivity contribution is -0.201. The van der Waals surface area contributed by atoms with Gasteiger partial charge in [-0.1, -0.05) is 32.1 Å². The van der Waals surface area contributed by atoms with E-state index in [-0.39, 0.29) is 12.0 Å². The predicted octanol–water partition coefficient (Wildman–Crippen LogP) is 3.59. The second-order valence-corrected chi connectivity index (χ2v) is 7.25. The molecular weight excluding hydrogens is 368 g/mol. The number of guanidine groups is 1. The van der Waals surface area contributed by atoms with Crippen molar-refractivity contribution in [2.45, 2.75) is 70.3 Å². The third-order valence-electron chi connectivity index (χ3n) is 4.90. The van der Waals surface area contributed by atoms with Crippen molar-refractivity contribution in [2.75, 3.05) is 18.9 Å². The van der Waals surface area contributed by atoms with Crippen molar-refractivity contribution in [1.29, 1.82) is 5.26 Å². The monoisotopic (exact) mass is 400 g/mol. The number of rotatable bonds is 10. The van der Waals surface area contributed by atoms with Crippen molar-refractivity contribution in [1.82, 2.24) is 15.4 Å². The second-order valence-electron chi connectivity index (χ2n) is 7.25. The average Bonchev–Trinajstić information content (AvgIpc) is 2.74. The first-order valence-electron chi connectivity index (χ1n) is 10.5. The van der Waals surface area contributed by atoms with Crippen LogP contribution in [-0.2, 0) is 9.63 Å². The van der Waals surface area contributed by atoms with E-state index in [0.29, 0.717) is 18.9 Å². The van der Waals surface area contributed by atoms with Crippen molar-refractivity contribution >= 4 is 17.6 Å². The van der Waals surface area contributed by atoms with Crippen molar-refractivity contribution in [3.63, 3.8) is 0 Å².